The highest BCUT2D eigenvalue weighted by Crippen LogP contribution is 2.19. The molecule has 7 nitrogen and oxygen atoms in total. The second kappa shape index (κ2) is 6.36. The van der Waals surface area contributed by atoms with E-state index in [9.17, 15) is 9.59 Å². The Bertz CT molecular complexity index is 768. The van der Waals surface area contributed by atoms with Gasteiger partial charge in [0.15, 0.2) is 0 Å². The van der Waals surface area contributed by atoms with Gasteiger partial charge in [-0.2, -0.15) is 9.78 Å². The van der Waals surface area contributed by atoms with Crippen LogP contribution < -0.4 is 10.9 Å². The maximum Gasteiger partial charge on any atom is 0.252 e. The van der Waals surface area contributed by atoms with Gasteiger partial charge in [-0.15, -0.1) is 0 Å². The van der Waals surface area contributed by atoms with Crippen molar-refractivity contribution in [1.82, 2.24) is 19.7 Å². The first-order valence-corrected chi connectivity index (χ1v) is 7.69. The normalized spacial score (nSPS) is 11.5. The molecule has 1 amide bonds. The molecule has 2 aromatic heterocycles. The van der Waals surface area contributed by atoms with Crippen molar-refractivity contribution in [2.24, 2.45) is 5.41 Å². The van der Waals surface area contributed by atoms with Crippen LogP contribution >= 0.6 is 0 Å². The molecule has 0 saturated heterocycles. The van der Waals surface area contributed by atoms with Crippen LogP contribution in [0, 0.1) is 12.3 Å². The van der Waals surface area contributed by atoms with E-state index in [-0.39, 0.29) is 11.5 Å². The summed E-state index contributed by atoms with van der Waals surface area (Å²) >= 11 is 0. The first-order chi connectivity index (χ1) is 10.7. The van der Waals surface area contributed by atoms with Crippen LogP contribution in [0.5, 0.6) is 0 Å². The first kappa shape index (κ1) is 16.9. The summed E-state index contributed by atoms with van der Waals surface area (Å²) in [6.45, 7) is 9.33. The van der Waals surface area contributed by atoms with Gasteiger partial charge in [-0.3, -0.25) is 14.6 Å². The van der Waals surface area contributed by atoms with Crippen molar-refractivity contribution < 1.29 is 4.79 Å². The van der Waals surface area contributed by atoms with Crippen LogP contribution in [0.3, 0.4) is 0 Å². The minimum atomic E-state index is -0.534. The van der Waals surface area contributed by atoms with Gasteiger partial charge in [0, 0.05) is 23.2 Å². The van der Waals surface area contributed by atoms with Crippen LogP contribution in [-0.4, -0.2) is 25.7 Å². The topological polar surface area (TPSA) is 92.7 Å². The quantitative estimate of drug-likeness (QED) is 0.904. The third-order valence-electron chi connectivity index (χ3n) is 3.24. The van der Waals surface area contributed by atoms with Gasteiger partial charge in [0.1, 0.15) is 5.82 Å². The van der Waals surface area contributed by atoms with Crippen LogP contribution in [-0.2, 0) is 11.2 Å². The molecule has 2 heterocycles. The van der Waals surface area contributed by atoms with E-state index >= 15 is 0 Å². The summed E-state index contributed by atoms with van der Waals surface area (Å²) in [6.07, 6.45) is 1.60. The number of anilines is 1. The molecule has 7 heteroatoms. The van der Waals surface area contributed by atoms with Gasteiger partial charge in [0.05, 0.1) is 5.69 Å². The molecule has 0 bridgehead atoms. The fraction of sp³-hybridized carbons (Fsp3) is 0.500. The molecule has 0 fully saturated rings. The summed E-state index contributed by atoms with van der Waals surface area (Å²) < 4.78 is 1.46. The molecule has 0 aliphatic heterocycles. The second-order valence-corrected chi connectivity index (χ2v) is 6.60. The van der Waals surface area contributed by atoms with Gasteiger partial charge in [-0.05, 0) is 13.3 Å². The summed E-state index contributed by atoms with van der Waals surface area (Å²) in [4.78, 5) is 31.2. The van der Waals surface area contributed by atoms with Gasteiger partial charge in [-0.25, -0.2) is 4.98 Å². The number of hydrogen-bond acceptors (Lipinski definition) is 4. The number of carbonyl (C=O) groups is 1. The monoisotopic (exact) mass is 317 g/mol. The highest BCUT2D eigenvalue weighted by molar-refractivity contribution is 5.94. The van der Waals surface area contributed by atoms with Gasteiger partial charge < -0.3 is 5.32 Å². The molecule has 0 radical (unpaired) electrons. The molecule has 0 aliphatic carbocycles. The van der Waals surface area contributed by atoms with E-state index in [0.717, 1.165) is 12.1 Å². The van der Waals surface area contributed by atoms with Crippen molar-refractivity contribution in [2.45, 2.75) is 47.5 Å². The molecule has 0 unspecified atom stereocenters. The average Bonchev–Trinajstić information content (AvgIpc) is 2.78. The number of nitrogens with zero attached hydrogens (tertiary/aromatic N) is 3. The summed E-state index contributed by atoms with van der Waals surface area (Å²) in [7, 11) is 0. The van der Waals surface area contributed by atoms with E-state index in [2.05, 4.69) is 20.4 Å². The Morgan fingerprint density at radius 1 is 1.35 bits per heavy atom. The molecule has 2 N–H and O–H groups in total. The molecule has 124 valence electrons. The minimum absolute atomic E-state index is 0.134. The molecular formula is C16H23N5O2. The van der Waals surface area contributed by atoms with Crippen LogP contribution in [0.15, 0.2) is 16.9 Å². The SMILES string of the molecule is CCCc1cc(=O)[nH]c(-n2nc(C)cc2NC(=O)C(C)(C)C)n1. The lowest BCUT2D eigenvalue weighted by Gasteiger charge is -2.17. The number of rotatable bonds is 4. The molecule has 0 aliphatic rings. The van der Waals surface area contributed by atoms with Crippen molar-refractivity contribution in [2.75, 3.05) is 5.32 Å². The van der Waals surface area contributed by atoms with Crippen molar-refractivity contribution in [3.05, 3.63) is 33.9 Å². The molecule has 2 rings (SSSR count). The predicted octanol–water partition coefficient (Wildman–Crippen LogP) is 2.20. The lowest BCUT2D eigenvalue weighted by molar-refractivity contribution is -0.123. The minimum Gasteiger partial charge on any atom is -0.310 e. The molecule has 2 aromatic rings. The third kappa shape index (κ3) is 4.06. The van der Waals surface area contributed by atoms with E-state index in [1.54, 1.807) is 6.07 Å². The Morgan fingerprint density at radius 2 is 2.04 bits per heavy atom. The Morgan fingerprint density at radius 3 is 2.65 bits per heavy atom. The van der Waals surface area contributed by atoms with Gasteiger partial charge >= 0.3 is 0 Å². The zero-order chi connectivity index (χ0) is 17.2. The Kier molecular flexibility index (Phi) is 4.68. The molecule has 23 heavy (non-hydrogen) atoms. The zero-order valence-corrected chi connectivity index (χ0v) is 14.2. The van der Waals surface area contributed by atoms with Crippen molar-refractivity contribution in [1.29, 1.82) is 0 Å². The number of hydrogen-bond donors (Lipinski definition) is 2. The Labute approximate surface area is 135 Å². The average molecular weight is 317 g/mol. The lowest BCUT2D eigenvalue weighted by atomic mass is 9.96. The Hall–Kier alpha value is -2.44. The van der Waals surface area contributed by atoms with Gasteiger partial charge in [0.25, 0.3) is 5.56 Å². The largest absolute Gasteiger partial charge is 0.310 e. The van der Waals surface area contributed by atoms with E-state index in [0.29, 0.717) is 23.9 Å². The van der Waals surface area contributed by atoms with Gasteiger partial charge in [-0.1, -0.05) is 34.1 Å². The van der Waals surface area contributed by atoms with Crippen LogP contribution in [0.1, 0.15) is 45.5 Å². The van der Waals surface area contributed by atoms with E-state index in [1.165, 1.54) is 10.7 Å². The number of carbonyl (C=O) groups excluding carboxylic acids is 1. The number of amides is 1. The van der Waals surface area contributed by atoms with Crippen molar-refractivity contribution in [3.8, 4) is 5.95 Å². The number of nitrogens with one attached hydrogen (secondary N) is 2. The maximum absolute atomic E-state index is 12.2. The fourth-order valence-electron chi connectivity index (χ4n) is 2.03. The summed E-state index contributed by atoms with van der Waals surface area (Å²) in [5.41, 5.74) is 0.651. The predicted molar refractivity (Wildman–Crippen MR) is 88.8 cm³/mol. The van der Waals surface area contributed by atoms with Gasteiger partial charge in [0.2, 0.25) is 11.9 Å². The molecule has 0 atom stereocenters. The molecule has 0 spiro atoms. The smallest absolute Gasteiger partial charge is 0.252 e. The third-order valence-corrected chi connectivity index (χ3v) is 3.24. The van der Waals surface area contributed by atoms with E-state index < -0.39 is 5.41 Å². The first-order valence-electron chi connectivity index (χ1n) is 7.69. The summed E-state index contributed by atoms with van der Waals surface area (Å²) in [5.74, 6) is 0.656. The highest BCUT2D eigenvalue weighted by atomic mass is 16.2. The summed E-state index contributed by atoms with van der Waals surface area (Å²) in [6, 6.07) is 3.23. The lowest BCUT2D eigenvalue weighted by Crippen LogP contribution is -2.29. The number of aryl methyl sites for hydroxylation is 2. The summed E-state index contributed by atoms with van der Waals surface area (Å²) in [5, 5.41) is 7.17. The molecule has 0 saturated carbocycles. The van der Waals surface area contributed by atoms with E-state index in [4.69, 9.17) is 0 Å². The van der Waals surface area contributed by atoms with E-state index in [1.807, 2.05) is 34.6 Å². The second-order valence-electron chi connectivity index (χ2n) is 6.60. The standard InChI is InChI=1S/C16H23N5O2/c1-6-7-11-9-13(22)19-15(17-11)21-12(8-10(2)20-21)18-14(23)16(3,4)5/h8-9H,6-7H2,1-5H3,(H,18,23)(H,17,19,22). The number of aromatic amines is 1. The maximum atomic E-state index is 12.2. The van der Waals surface area contributed by atoms with Crippen LogP contribution in [0.4, 0.5) is 5.82 Å². The highest BCUT2D eigenvalue weighted by Gasteiger charge is 2.23. The molecular weight excluding hydrogens is 294 g/mol. The Balaban J connectivity index is 2.45. The number of H-pyrrole nitrogens is 1. The molecule has 0 aromatic carbocycles. The fourth-order valence-corrected chi connectivity index (χ4v) is 2.03. The number of aromatic nitrogens is 4. The van der Waals surface area contributed by atoms with Crippen molar-refractivity contribution in [3.63, 3.8) is 0 Å². The van der Waals surface area contributed by atoms with Crippen molar-refractivity contribution >= 4 is 11.7 Å². The van der Waals surface area contributed by atoms with Crippen LogP contribution in [0.2, 0.25) is 0 Å². The zero-order valence-electron chi connectivity index (χ0n) is 14.2. The van der Waals surface area contributed by atoms with Crippen LogP contribution in [0.25, 0.3) is 5.95 Å².